The van der Waals surface area contributed by atoms with Crippen LogP contribution >= 0.6 is 11.6 Å². The second kappa shape index (κ2) is 12.5. The molecule has 1 aliphatic rings. The van der Waals surface area contributed by atoms with Gasteiger partial charge in [-0.25, -0.2) is 27.1 Å². The highest BCUT2D eigenvalue weighted by Crippen LogP contribution is 2.39. The Kier molecular flexibility index (Phi) is 8.83. The van der Waals surface area contributed by atoms with E-state index in [4.69, 9.17) is 25.8 Å². The van der Waals surface area contributed by atoms with Crippen LogP contribution in [0.2, 0.25) is 5.02 Å². The van der Waals surface area contributed by atoms with Crippen LogP contribution in [0.1, 0.15) is 42.9 Å². The number of methoxy groups -OCH3 is 2. The van der Waals surface area contributed by atoms with E-state index in [0.29, 0.717) is 17.1 Å². The van der Waals surface area contributed by atoms with Gasteiger partial charge < -0.3 is 14.2 Å². The molecule has 0 saturated heterocycles. The lowest BCUT2D eigenvalue weighted by Crippen LogP contribution is -2.32. The van der Waals surface area contributed by atoms with Gasteiger partial charge in [-0.15, -0.1) is 0 Å². The molecule has 2 heterocycles. The molecule has 0 N–H and O–H groups in total. The van der Waals surface area contributed by atoms with E-state index in [1.165, 1.54) is 32.8 Å². The van der Waals surface area contributed by atoms with Crippen LogP contribution in [-0.2, 0) is 23.6 Å². The molecule has 2 atom stereocenters. The van der Waals surface area contributed by atoms with Gasteiger partial charge in [0.1, 0.15) is 46.2 Å². The Morgan fingerprint density at radius 2 is 1.86 bits per heavy atom. The number of benzene rings is 2. The zero-order chi connectivity index (χ0) is 29.9. The summed E-state index contributed by atoms with van der Waals surface area (Å²) in [5, 5.41) is 4.26. The van der Waals surface area contributed by atoms with Crippen molar-refractivity contribution in [2.75, 3.05) is 18.5 Å². The molecule has 0 bridgehead atoms. The number of aromatic nitrogens is 4. The van der Waals surface area contributed by atoms with E-state index in [1.807, 2.05) is 17.8 Å². The van der Waals surface area contributed by atoms with Crippen LogP contribution < -0.4 is 18.5 Å². The number of ether oxygens (including phenoxy) is 3. The zero-order valence-corrected chi connectivity index (χ0v) is 25.0. The van der Waals surface area contributed by atoms with Crippen LogP contribution in [0, 0.1) is 5.82 Å². The third kappa shape index (κ3) is 6.00. The smallest absolute Gasteiger partial charge is 0.268 e. The first-order valence-corrected chi connectivity index (χ1v) is 15.2. The Morgan fingerprint density at radius 3 is 2.55 bits per heavy atom. The molecule has 1 saturated carbocycles. The molecule has 222 valence electrons. The van der Waals surface area contributed by atoms with Gasteiger partial charge in [-0.3, -0.25) is 4.68 Å². The van der Waals surface area contributed by atoms with E-state index in [0.717, 1.165) is 47.8 Å². The Balaban J connectivity index is 1.49. The molecule has 0 radical (unpaired) electrons. The molecule has 0 spiro atoms. The van der Waals surface area contributed by atoms with Crippen molar-refractivity contribution < 1.29 is 27.0 Å². The third-order valence-corrected chi connectivity index (χ3v) is 9.46. The summed E-state index contributed by atoms with van der Waals surface area (Å²) in [5.41, 5.74) is 1.52. The molecule has 13 heteroatoms. The highest BCUT2D eigenvalue weighted by atomic mass is 35.5. The maximum absolute atomic E-state index is 15.7. The standard InChI is InChI=1S/C29H31ClFN5O5S/c1-35-24(10-13-34-35)21-6-4-5-7-25(21)41-27-16-23(31)28(15-22(27)30)42(37,38)36(29-11-12-32-18-33-29)17-19-8-9-20(39-2)14-26(19)40-3/h8-16,18,21,25H,4-7,17H2,1-3H3/t21-,25-/m1/s1. The summed E-state index contributed by atoms with van der Waals surface area (Å²) >= 11 is 6.57. The van der Waals surface area contributed by atoms with Crippen LogP contribution in [0.4, 0.5) is 10.2 Å². The van der Waals surface area contributed by atoms with Crippen LogP contribution in [0.25, 0.3) is 0 Å². The van der Waals surface area contributed by atoms with Crippen molar-refractivity contribution in [3.05, 3.63) is 83.3 Å². The summed E-state index contributed by atoms with van der Waals surface area (Å²) in [6.07, 6.45) is 7.71. The minimum absolute atomic E-state index is 0.0195. The van der Waals surface area contributed by atoms with E-state index < -0.39 is 20.7 Å². The van der Waals surface area contributed by atoms with Crippen molar-refractivity contribution in [3.63, 3.8) is 0 Å². The minimum atomic E-state index is -4.52. The van der Waals surface area contributed by atoms with Crippen molar-refractivity contribution in [2.45, 2.75) is 49.1 Å². The molecule has 5 rings (SSSR count). The van der Waals surface area contributed by atoms with E-state index in [2.05, 4.69) is 15.1 Å². The van der Waals surface area contributed by atoms with Gasteiger partial charge in [0.15, 0.2) is 0 Å². The molecule has 42 heavy (non-hydrogen) atoms. The van der Waals surface area contributed by atoms with Crippen molar-refractivity contribution in [3.8, 4) is 17.2 Å². The van der Waals surface area contributed by atoms with Gasteiger partial charge in [0, 0.05) is 54.8 Å². The Bertz CT molecular complexity index is 1650. The molecule has 2 aromatic heterocycles. The highest BCUT2D eigenvalue weighted by molar-refractivity contribution is 7.92. The molecule has 0 aliphatic heterocycles. The van der Waals surface area contributed by atoms with Gasteiger partial charge in [0.05, 0.1) is 25.8 Å². The molecule has 0 unspecified atom stereocenters. The average molecular weight is 616 g/mol. The van der Waals surface area contributed by atoms with Crippen LogP contribution in [0.3, 0.4) is 0 Å². The predicted molar refractivity (Wildman–Crippen MR) is 155 cm³/mol. The van der Waals surface area contributed by atoms with Gasteiger partial charge in [-0.2, -0.15) is 5.10 Å². The fraction of sp³-hybridized carbons (Fsp3) is 0.345. The summed E-state index contributed by atoms with van der Waals surface area (Å²) in [4.78, 5) is 7.40. The average Bonchev–Trinajstić information content (AvgIpc) is 3.43. The van der Waals surface area contributed by atoms with E-state index in [9.17, 15) is 8.42 Å². The van der Waals surface area contributed by atoms with Crippen molar-refractivity contribution in [1.29, 1.82) is 0 Å². The highest BCUT2D eigenvalue weighted by Gasteiger charge is 2.34. The van der Waals surface area contributed by atoms with Crippen molar-refractivity contribution in [2.24, 2.45) is 7.05 Å². The summed E-state index contributed by atoms with van der Waals surface area (Å²) in [7, 11) is 0.332. The predicted octanol–water partition coefficient (Wildman–Crippen LogP) is 5.52. The SMILES string of the molecule is COc1ccc(CN(c2ccncn2)S(=O)(=O)c2cc(Cl)c(O[C@@H]3CCCC[C@@H]3c3ccnn3C)cc2F)c(OC)c1. The van der Waals surface area contributed by atoms with Gasteiger partial charge in [0.25, 0.3) is 10.0 Å². The Hall–Kier alpha value is -3.90. The maximum Gasteiger partial charge on any atom is 0.268 e. The summed E-state index contributed by atoms with van der Waals surface area (Å²) in [6, 6.07) is 10.5. The molecule has 1 aliphatic carbocycles. The van der Waals surface area contributed by atoms with Crippen LogP contribution in [0.5, 0.6) is 17.2 Å². The molecule has 0 amide bonds. The number of hydrogen-bond acceptors (Lipinski definition) is 8. The van der Waals surface area contributed by atoms with Gasteiger partial charge in [-0.1, -0.05) is 18.0 Å². The van der Waals surface area contributed by atoms with E-state index >= 15 is 4.39 Å². The quantitative estimate of drug-likeness (QED) is 0.229. The summed E-state index contributed by atoms with van der Waals surface area (Å²) in [6.45, 7) is -0.212. The van der Waals surface area contributed by atoms with Gasteiger partial charge >= 0.3 is 0 Å². The first-order valence-electron chi connectivity index (χ1n) is 13.4. The lowest BCUT2D eigenvalue weighted by atomic mass is 9.84. The molecule has 2 aromatic carbocycles. The van der Waals surface area contributed by atoms with Crippen molar-refractivity contribution in [1.82, 2.24) is 19.7 Å². The van der Waals surface area contributed by atoms with Crippen LogP contribution in [0.15, 0.2) is 66.1 Å². The Labute approximate surface area is 249 Å². The van der Waals surface area contributed by atoms with Gasteiger partial charge in [0.2, 0.25) is 0 Å². The number of rotatable bonds is 10. The number of halogens is 2. The second-order valence-electron chi connectivity index (χ2n) is 9.90. The summed E-state index contributed by atoms with van der Waals surface area (Å²) in [5.74, 6) is 0.0903. The molecule has 4 aromatic rings. The first-order chi connectivity index (χ1) is 20.2. The molecule has 10 nitrogen and oxygen atoms in total. The first kappa shape index (κ1) is 29.6. The Morgan fingerprint density at radius 1 is 1.05 bits per heavy atom. The monoisotopic (exact) mass is 615 g/mol. The molecule has 1 fully saturated rings. The van der Waals surface area contributed by atoms with Crippen molar-refractivity contribution >= 4 is 27.4 Å². The number of hydrogen-bond donors (Lipinski definition) is 0. The second-order valence-corrected chi connectivity index (χ2v) is 12.1. The molecular weight excluding hydrogens is 585 g/mol. The molecular formula is C29H31ClFN5O5S. The third-order valence-electron chi connectivity index (χ3n) is 7.40. The fourth-order valence-corrected chi connectivity index (χ4v) is 7.01. The number of nitrogens with zero attached hydrogens (tertiary/aromatic N) is 5. The lowest BCUT2D eigenvalue weighted by molar-refractivity contribution is 0.126. The maximum atomic E-state index is 15.7. The van der Waals surface area contributed by atoms with E-state index in [1.54, 1.807) is 24.4 Å². The zero-order valence-electron chi connectivity index (χ0n) is 23.4. The van der Waals surface area contributed by atoms with Crippen LogP contribution in [-0.4, -0.2) is 48.5 Å². The van der Waals surface area contributed by atoms with E-state index in [-0.39, 0.29) is 35.2 Å². The number of aryl methyl sites for hydroxylation is 1. The largest absolute Gasteiger partial charge is 0.497 e. The normalized spacial score (nSPS) is 17.1. The topological polar surface area (TPSA) is 109 Å². The number of sulfonamides is 1. The minimum Gasteiger partial charge on any atom is -0.497 e. The van der Waals surface area contributed by atoms with Gasteiger partial charge in [-0.05, 0) is 43.5 Å². The summed E-state index contributed by atoms with van der Waals surface area (Å²) < 4.78 is 63.6. The number of anilines is 1. The fourth-order valence-electron chi connectivity index (χ4n) is 5.26. The lowest BCUT2D eigenvalue weighted by Gasteiger charge is -2.32.